The molecule has 23 heavy (non-hydrogen) atoms. The van der Waals surface area contributed by atoms with Crippen molar-refractivity contribution in [2.45, 2.75) is 13.0 Å². The molecule has 0 saturated heterocycles. The number of amides is 1. The van der Waals surface area contributed by atoms with Crippen LogP contribution in [-0.4, -0.2) is 28.8 Å². The van der Waals surface area contributed by atoms with Gasteiger partial charge in [0, 0.05) is 19.7 Å². The summed E-state index contributed by atoms with van der Waals surface area (Å²) >= 11 is 0. The van der Waals surface area contributed by atoms with E-state index in [1.165, 1.54) is 31.3 Å². The van der Waals surface area contributed by atoms with Crippen molar-refractivity contribution in [3.63, 3.8) is 0 Å². The number of carbonyl (C=O) groups excluding carboxylic acids is 1. The van der Waals surface area contributed by atoms with Gasteiger partial charge in [-0.15, -0.1) is 0 Å². The van der Waals surface area contributed by atoms with E-state index >= 15 is 0 Å². The zero-order chi connectivity index (χ0) is 16.8. The number of halogens is 2. The van der Waals surface area contributed by atoms with Crippen LogP contribution < -0.4 is 15.6 Å². The molecule has 0 bridgehead atoms. The Kier molecular flexibility index (Phi) is 5.40. The van der Waals surface area contributed by atoms with Gasteiger partial charge in [-0.25, -0.2) is 4.68 Å². The Morgan fingerprint density at radius 3 is 2.57 bits per heavy atom. The summed E-state index contributed by atoms with van der Waals surface area (Å²) in [5.41, 5.74) is 0.709. The monoisotopic (exact) mass is 323 g/mol. The van der Waals surface area contributed by atoms with Crippen LogP contribution in [0.5, 0.6) is 5.75 Å². The minimum atomic E-state index is -2.85. The predicted molar refractivity (Wildman–Crippen MR) is 78.6 cm³/mol. The van der Waals surface area contributed by atoms with Gasteiger partial charge in [-0.1, -0.05) is 12.1 Å². The summed E-state index contributed by atoms with van der Waals surface area (Å²) in [5.74, 6) is -0.305. The SMILES string of the molecule is Cn1nc(C(=O)NCCc2ccc(OC(F)F)cc2)ccc1=O. The summed E-state index contributed by atoms with van der Waals surface area (Å²) in [6, 6.07) is 8.80. The number of carbonyl (C=O) groups is 1. The number of aromatic nitrogens is 2. The molecule has 0 aliphatic heterocycles. The van der Waals surface area contributed by atoms with Gasteiger partial charge in [0.05, 0.1) is 0 Å². The predicted octanol–water partition coefficient (Wildman–Crippen LogP) is 1.35. The minimum Gasteiger partial charge on any atom is -0.435 e. The highest BCUT2D eigenvalue weighted by atomic mass is 19.3. The van der Waals surface area contributed by atoms with Crippen molar-refractivity contribution in [3.05, 3.63) is 58.0 Å². The Balaban J connectivity index is 1.85. The molecule has 0 atom stereocenters. The van der Waals surface area contributed by atoms with Gasteiger partial charge in [0.25, 0.3) is 11.5 Å². The van der Waals surface area contributed by atoms with Gasteiger partial charge in [0.2, 0.25) is 0 Å². The van der Waals surface area contributed by atoms with Gasteiger partial charge in [-0.2, -0.15) is 13.9 Å². The van der Waals surface area contributed by atoms with Crippen LogP contribution >= 0.6 is 0 Å². The van der Waals surface area contributed by atoms with E-state index in [2.05, 4.69) is 15.2 Å². The molecule has 8 heteroatoms. The lowest BCUT2D eigenvalue weighted by Gasteiger charge is -2.07. The summed E-state index contributed by atoms with van der Waals surface area (Å²) in [6.07, 6.45) is 0.520. The molecule has 6 nitrogen and oxygen atoms in total. The topological polar surface area (TPSA) is 73.2 Å². The van der Waals surface area contributed by atoms with Crippen LogP contribution in [0.15, 0.2) is 41.2 Å². The summed E-state index contributed by atoms with van der Waals surface area (Å²) in [6.45, 7) is -2.51. The highest BCUT2D eigenvalue weighted by Gasteiger charge is 2.08. The molecule has 1 amide bonds. The highest BCUT2D eigenvalue weighted by molar-refractivity contribution is 5.91. The molecule has 0 aliphatic carbocycles. The zero-order valence-electron chi connectivity index (χ0n) is 12.3. The third kappa shape index (κ3) is 4.87. The average Bonchev–Trinajstić information content (AvgIpc) is 2.51. The molecule has 2 aromatic rings. The van der Waals surface area contributed by atoms with Crippen molar-refractivity contribution in [2.75, 3.05) is 6.54 Å². The van der Waals surface area contributed by atoms with Crippen LogP contribution in [0.25, 0.3) is 0 Å². The average molecular weight is 323 g/mol. The van der Waals surface area contributed by atoms with Gasteiger partial charge in [0.1, 0.15) is 11.4 Å². The van der Waals surface area contributed by atoms with Crippen molar-refractivity contribution >= 4 is 5.91 Å². The first kappa shape index (κ1) is 16.6. The second-order valence-electron chi connectivity index (χ2n) is 4.71. The molecule has 0 radical (unpaired) electrons. The summed E-state index contributed by atoms with van der Waals surface area (Å²) in [5, 5.41) is 6.51. The third-order valence-corrected chi connectivity index (χ3v) is 3.04. The first-order chi connectivity index (χ1) is 11.0. The number of ether oxygens (including phenoxy) is 1. The quantitative estimate of drug-likeness (QED) is 0.871. The van der Waals surface area contributed by atoms with Crippen LogP contribution in [0.1, 0.15) is 16.1 Å². The van der Waals surface area contributed by atoms with Crippen LogP contribution in [0.2, 0.25) is 0 Å². The molecule has 0 aliphatic rings. The highest BCUT2D eigenvalue weighted by Crippen LogP contribution is 2.14. The fraction of sp³-hybridized carbons (Fsp3) is 0.267. The molecule has 1 heterocycles. The van der Waals surface area contributed by atoms with Crippen molar-refractivity contribution in [1.82, 2.24) is 15.1 Å². The van der Waals surface area contributed by atoms with E-state index in [4.69, 9.17) is 0 Å². The Labute approximate surface area is 130 Å². The number of aryl methyl sites for hydroxylation is 1. The maximum atomic E-state index is 12.0. The van der Waals surface area contributed by atoms with E-state index < -0.39 is 12.5 Å². The molecule has 0 saturated carbocycles. The molecule has 0 unspecified atom stereocenters. The second-order valence-corrected chi connectivity index (χ2v) is 4.71. The third-order valence-electron chi connectivity index (χ3n) is 3.04. The van der Waals surface area contributed by atoms with Gasteiger partial charge < -0.3 is 10.1 Å². The molecule has 2 rings (SSSR count). The molecular formula is C15H15F2N3O3. The number of hydrogen-bond acceptors (Lipinski definition) is 4. The Hall–Kier alpha value is -2.77. The Morgan fingerprint density at radius 2 is 1.96 bits per heavy atom. The van der Waals surface area contributed by atoms with Crippen molar-refractivity contribution in [1.29, 1.82) is 0 Å². The molecular weight excluding hydrogens is 308 g/mol. The Morgan fingerprint density at radius 1 is 1.26 bits per heavy atom. The maximum absolute atomic E-state index is 12.0. The lowest BCUT2D eigenvalue weighted by atomic mass is 10.1. The van der Waals surface area contributed by atoms with Crippen LogP contribution in [0, 0.1) is 0 Å². The maximum Gasteiger partial charge on any atom is 0.387 e. The standard InChI is InChI=1S/C15H15F2N3O3/c1-20-13(21)7-6-12(19-20)14(22)18-9-8-10-2-4-11(5-3-10)23-15(16)17/h2-7,15H,8-9H2,1H3,(H,18,22). The van der Waals surface area contributed by atoms with Crippen molar-refractivity contribution < 1.29 is 18.3 Å². The summed E-state index contributed by atoms with van der Waals surface area (Å²) in [7, 11) is 1.46. The molecule has 1 aromatic heterocycles. The van der Waals surface area contributed by atoms with E-state index in [0.29, 0.717) is 13.0 Å². The number of hydrogen-bond donors (Lipinski definition) is 1. The van der Waals surface area contributed by atoms with Gasteiger partial charge >= 0.3 is 6.61 Å². The van der Waals surface area contributed by atoms with Crippen molar-refractivity contribution in [3.8, 4) is 5.75 Å². The lowest BCUT2D eigenvalue weighted by molar-refractivity contribution is -0.0498. The number of nitrogens with zero attached hydrogens (tertiary/aromatic N) is 2. The van der Waals surface area contributed by atoms with Gasteiger partial charge in [-0.3, -0.25) is 9.59 Å². The summed E-state index contributed by atoms with van der Waals surface area (Å²) in [4.78, 5) is 23.1. The van der Waals surface area contributed by atoms with Gasteiger partial charge in [0.15, 0.2) is 0 Å². The van der Waals surface area contributed by atoms with Crippen LogP contribution in [-0.2, 0) is 13.5 Å². The van der Waals surface area contributed by atoms with E-state index in [9.17, 15) is 18.4 Å². The van der Waals surface area contributed by atoms with E-state index in [1.54, 1.807) is 12.1 Å². The van der Waals surface area contributed by atoms with E-state index in [1.807, 2.05) is 0 Å². The molecule has 122 valence electrons. The van der Waals surface area contributed by atoms with Crippen LogP contribution in [0.4, 0.5) is 8.78 Å². The number of alkyl halides is 2. The Bertz CT molecular complexity index is 729. The normalized spacial score (nSPS) is 10.6. The second kappa shape index (κ2) is 7.48. The molecule has 0 spiro atoms. The first-order valence-electron chi connectivity index (χ1n) is 6.82. The number of rotatable bonds is 6. The largest absolute Gasteiger partial charge is 0.435 e. The van der Waals surface area contributed by atoms with Crippen LogP contribution in [0.3, 0.4) is 0 Å². The lowest BCUT2D eigenvalue weighted by Crippen LogP contribution is -2.29. The molecule has 1 N–H and O–H groups in total. The summed E-state index contributed by atoms with van der Waals surface area (Å²) < 4.78 is 29.4. The van der Waals surface area contributed by atoms with Crippen molar-refractivity contribution in [2.24, 2.45) is 7.05 Å². The van der Waals surface area contributed by atoms with E-state index in [-0.39, 0.29) is 17.0 Å². The number of benzene rings is 1. The number of nitrogens with one attached hydrogen (secondary N) is 1. The zero-order valence-corrected chi connectivity index (χ0v) is 12.3. The fourth-order valence-electron chi connectivity index (χ4n) is 1.87. The fourth-order valence-corrected chi connectivity index (χ4v) is 1.87. The smallest absolute Gasteiger partial charge is 0.387 e. The first-order valence-corrected chi connectivity index (χ1v) is 6.82. The molecule has 1 aromatic carbocycles. The van der Waals surface area contributed by atoms with Gasteiger partial charge in [-0.05, 0) is 30.2 Å². The molecule has 0 fully saturated rings. The van der Waals surface area contributed by atoms with E-state index in [0.717, 1.165) is 10.2 Å². The minimum absolute atomic E-state index is 0.0854.